The number of β-lactam (4-membered cyclic amide) rings is 1. The van der Waals surface area contributed by atoms with E-state index in [0.29, 0.717) is 18.5 Å². The summed E-state index contributed by atoms with van der Waals surface area (Å²) in [6.07, 6.45) is 1.66. The van der Waals surface area contributed by atoms with Crippen molar-refractivity contribution < 1.29 is 14.4 Å². The molecule has 2 aliphatic heterocycles. The van der Waals surface area contributed by atoms with E-state index in [1.807, 2.05) is 13.0 Å². The lowest BCUT2D eigenvalue weighted by Crippen LogP contribution is -2.75. The van der Waals surface area contributed by atoms with Crippen LogP contribution in [0, 0.1) is 0 Å². The molecule has 0 bridgehead atoms. The first-order valence-electron chi connectivity index (χ1n) is 7.32. The van der Waals surface area contributed by atoms with Crippen molar-refractivity contribution >= 4 is 17.7 Å². The van der Waals surface area contributed by atoms with Gasteiger partial charge in [-0.05, 0) is 18.6 Å². The molecule has 1 aromatic carbocycles. The molecule has 0 unspecified atom stereocenters. The molecule has 0 aliphatic carbocycles. The minimum atomic E-state index is -0.769. The Labute approximate surface area is 123 Å². The van der Waals surface area contributed by atoms with Crippen molar-refractivity contribution in [1.29, 1.82) is 0 Å². The average Bonchev–Trinajstić information content (AvgIpc) is 2.49. The highest BCUT2D eigenvalue weighted by atomic mass is 16.2. The molecule has 5 heteroatoms. The van der Waals surface area contributed by atoms with E-state index in [1.54, 1.807) is 29.2 Å². The van der Waals surface area contributed by atoms with Gasteiger partial charge in [-0.15, -0.1) is 0 Å². The quantitative estimate of drug-likeness (QED) is 0.624. The van der Waals surface area contributed by atoms with E-state index in [2.05, 4.69) is 0 Å². The van der Waals surface area contributed by atoms with Gasteiger partial charge in [0, 0.05) is 18.7 Å². The second kappa shape index (κ2) is 4.98. The molecule has 3 amide bonds. The third kappa shape index (κ3) is 1.95. The highest BCUT2D eigenvalue weighted by Crippen LogP contribution is 2.40. The number of nitrogens with zero attached hydrogens (tertiary/aromatic N) is 2. The molecule has 110 valence electrons. The van der Waals surface area contributed by atoms with Crippen LogP contribution in [0.4, 0.5) is 0 Å². The van der Waals surface area contributed by atoms with Crippen LogP contribution in [-0.4, -0.2) is 46.1 Å². The summed E-state index contributed by atoms with van der Waals surface area (Å²) in [7, 11) is 0. The average molecular weight is 286 g/mol. The van der Waals surface area contributed by atoms with E-state index in [9.17, 15) is 14.4 Å². The van der Waals surface area contributed by atoms with E-state index in [-0.39, 0.29) is 30.7 Å². The number of fused-ring (bicyclic) bond motifs is 1. The Bertz CT molecular complexity index is 599. The van der Waals surface area contributed by atoms with Crippen molar-refractivity contribution in [3.05, 3.63) is 35.9 Å². The molecule has 5 nitrogen and oxygen atoms in total. The van der Waals surface area contributed by atoms with Crippen LogP contribution in [-0.2, 0) is 9.59 Å². The van der Waals surface area contributed by atoms with Crippen LogP contribution in [0.25, 0.3) is 0 Å². The monoisotopic (exact) mass is 286 g/mol. The van der Waals surface area contributed by atoms with E-state index in [0.717, 1.165) is 6.42 Å². The first-order valence-corrected chi connectivity index (χ1v) is 7.32. The number of hydrogen-bond acceptors (Lipinski definition) is 3. The molecular formula is C16H18N2O3. The molecule has 2 fully saturated rings. The number of carbonyl (C=O) groups is 3. The first kappa shape index (κ1) is 13.8. The lowest BCUT2D eigenvalue weighted by Gasteiger charge is -2.55. The molecule has 0 spiro atoms. The lowest BCUT2D eigenvalue weighted by atomic mass is 9.77. The van der Waals surface area contributed by atoms with E-state index in [1.165, 1.54) is 4.90 Å². The van der Waals surface area contributed by atoms with Gasteiger partial charge in [0.25, 0.3) is 11.8 Å². The molecule has 3 rings (SSSR count). The molecular weight excluding hydrogens is 268 g/mol. The fourth-order valence-corrected chi connectivity index (χ4v) is 3.35. The van der Waals surface area contributed by atoms with Crippen LogP contribution < -0.4 is 0 Å². The minimum Gasteiger partial charge on any atom is -0.326 e. The molecule has 2 saturated heterocycles. The number of carbonyl (C=O) groups excluding carboxylic acids is 3. The highest BCUT2D eigenvalue weighted by Gasteiger charge is 2.60. The van der Waals surface area contributed by atoms with Crippen molar-refractivity contribution in [2.45, 2.75) is 31.7 Å². The number of piperazine rings is 1. The van der Waals surface area contributed by atoms with Gasteiger partial charge in [0.2, 0.25) is 5.91 Å². The fourth-order valence-electron chi connectivity index (χ4n) is 3.35. The van der Waals surface area contributed by atoms with Gasteiger partial charge in [0.15, 0.2) is 0 Å². The fraction of sp³-hybridized carbons (Fsp3) is 0.438. The topological polar surface area (TPSA) is 57.7 Å². The molecule has 2 heterocycles. The summed E-state index contributed by atoms with van der Waals surface area (Å²) < 4.78 is 0. The molecule has 0 N–H and O–H groups in total. The summed E-state index contributed by atoms with van der Waals surface area (Å²) in [5.74, 6) is -0.470. The third-order valence-electron chi connectivity index (χ3n) is 4.38. The summed E-state index contributed by atoms with van der Waals surface area (Å²) in [5, 5.41) is 0. The van der Waals surface area contributed by atoms with Gasteiger partial charge in [0.05, 0.1) is 6.42 Å². The number of amides is 3. The Kier molecular flexibility index (Phi) is 3.27. The number of benzene rings is 1. The predicted octanol–water partition coefficient (Wildman–Crippen LogP) is 1.44. The summed E-state index contributed by atoms with van der Waals surface area (Å²) in [6, 6.07) is 8.81. The number of imide groups is 1. The van der Waals surface area contributed by atoms with Gasteiger partial charge in [-0.1, -0.05) is 31.5 Å². The van der Waals surface area contributed by atoms with Crippen LogP contribution in [0.1, 0.15) is 36.5 Å². The van der Waals surface area contributed by atoms with Crippen LogP contribution in [0.3, 0.4) is 0 Å². The van der Waals surface area contributed by atoms with Crippen LogP contribution in [0.5, 0.6) is 0 Å². The summed E-state index contributed by atoms with van der Waals surface area (Å²) in [6.45, 7) is 2.72. The summed E-state index contributed by atoms with van der Waals surface area (Å²) in [4.78, 5) is 40.0. The zero-order chi connectivity index (χ0) is 15.0. The van der Waals surface area contributed by atoms with Gasteiger partial charge in [0.1, 0.15) is 5.54 Å². The first-order chi connectivity index (χ1) is 10.1. The molecule has 2 aliphatic rings. The minimum absolute atomic E-state index is 0.0172. The lowest BCUT2D eigenvalue weighted by molar-refractivity contribution is -0.177. The molecule has 0 radical (unpaired) electrons. The highest BCUT2D eigenvalue weighted by molar-refractivity contribution is 6.12. The maximum atomic E-state index is 12.8. The van der Waals surface area contributed by atoms with E-state index in [4.69, 9.17) is 0 Å². The Morgan fingerprint density at radius 2 is 1.90 bits per heavy atom. The van der Waals surface area contributed by atoms with Crippen molar-refractivity contribution in [1.82, 2.24) is 9.80 Å². The Hall–Kier alpha value is -2.17. The van der Waals surface area contributed by atoms with Crippen molar-refractivity contribution in [3.63, 3.8) is 0 Å². The second-order valence-corrected chi connectivity index (χ2v) is 5.63. The van der Waals surface area contributed by atoms with Gasteiger partial charge in [-0.3, -0.25) is 19.3 Å². The van der Waals surface area contributed by atoms with Crippen molar-refractivity contribution in [3.8, 4) is 0 Å². The number of hydrogen-bond donors (Lipinski definition) is 0. The molecule has 0 saturated carbocycles. The number of rotatable bonds is 3. The molecule has 1 atom stereocenters. The van der Waals surface area contributed by atoms with Gasteiger partial charge in [-0.25, -0.2) is 0 Å². The predicted molar refractivity (Wildman–Crippen MR) is 76.5 cm³/mol. The Balaban J connectivity index is 1.87. The van der Waals surface area contributed by atoms with E-state index < -0.39 is 5.54 Å². The second-order valence-electron chi connectivity index (χ2n) is 5.63. The summed E-state index contributed by atoms with van der Waals surface area (Å²) in [5.41, 5.74) is -0.259. The standard InChI is InChI=1S/C16H18N2O3/c1-2-8-16-11-13(19)18(16)10-9-17(15(16)21)14(20)12-6-4-3-5-7-12/h3-7H,2,8-11H2,1H3/t16-/m1/s1. The van der Waals surface area contributed by atoms with Crippen LogP contribution >= 0.6 is 0 Å². The Morgan fingerprint density at radius 1 is 1.19 bits per heavy atom. The SMILES string of the molecule is CCC[C@]12CC(=O)N1CCN(C(=O)c1ccccc1)C2=O. The smallest absolute Gasteiger partial charge is 0.260 e. The third-order valence-corrected chi connectivity index (χ3v) is 4.38. The van der Waals surface area contributed by atoms with Crippen molar-refractivity contribution in [2.75, 3.05) is 13.1 Å². The van der Waals surface area contributed by atoms with Crippen molar-refractivity contribution in [2.24, 2.45) is 0 Å². The molecule has 21 heavy (non-hydrogen) atoms. The van der Waals surface area contributed by atoms with Gasteiger partial charge >= 0.3 is 0 Å². The molecule has 1 aromatic rings. The van der Waals surface area contributed by atoms with Crippen LogP contribution in [0.15, 0.2) is 30.3 Å². The zero-order valence-electron chi connectivity index (χ0n) is 12.0. The normalized spacial score (nSPS) is 24.6. The largest absolute Gasteiger partial charge is 0.326 e. The van der Waals surface area contributed by atoms with Gasteiger partial charge in [-0.2, -0.15) is 0 Å². The maximum absolute atomic E-state index is 12.8. The van der Waals surface area contributed by atoms with Crippen LogP contribution in [0.2, 0.25) is 0 Å². The zero-order valence-corrected chi connectivity index (χ0v) is 12.0. The Morgan fingerprint density at radius 3 is 2.52 bits per heavy atom. The molecule has 0 aromatic heterocycles. The van der Waals surface area contributed by atoms with Gasteiger partial charge < -0.3 is 4.90 Å². The summed E-state index contributed by atoms with van der Waals surface area (Å²) >= 11 is 0. The van der Waals surface area contributed by atoms with E-state index >= 15 is 0 Å². The maximum Gasteiger partial charge on any atom is 0.260 e.